The van der Waals surface area contributed by atoms with Gasteiger partial charge in [-0.25, -0.2) is 0 Å². The first-order chi connectivity index (χ1) is 10.1. The van der Waals surface area contributed by atoms with E-state index >= 15 is 0 Å². The first kappa shape index (κ1) is 16.3. The van der Waals surface area contributed by atoms with Gasteiger partial charge in [-0.05, 0) is 36.1 Å². The van der Waals surface area contributed by atoms with Gasteiger partial charge >= 0.3 is 0 Å². The number of phenols is 1. The lowest BCUT2D eigenvalue weighted by Gasteiger charge is -2.47. The predicted octanol–water partition coefficient (Wildman–Crippen LogP) is 2.36. The Labute approximate surface area is 127 Å². The number of hydrogen-bond acceptors (Lipinski definition) is 4. The third-order valence-electron chi connectivity index (χ3n) is 4.97. The molecule has 2 unspecified atom stereocenters. The summed E-state index contributed by atoms with van der Waals surface area (Å²) >= 11 is 0. The van der Waals surface area contributed by atoms with Crippen LogP contribution in [0.4, 0.5) is 0 Å². The van der Waals surface area contributed by atoms with E-state index in [2.05, 4.69) is 13.8 Å². The Morgan fingerprint density at radius 2 is 2.00 bits per heavy atom. The van der Waals surface area contributed by atoms with Crippen LogP contribution >= 0.6 is 0 Å². The van der Waals surface area contributed by atoms with E-state index in [0.29, 0.717) is 19.0 Å². The van der Waals surface area contributed by atoms with Crippen LogP contribution in [0.2, 0.25) is 0 Å². The molecule has 0 amide bonds. The number of hydrogen-bond donors (Lipinski definition) is 2. The van der Waals surface area contributed by atoms with Crippen molar-refractivity contribution in [1.29, 1.82) is 0 Å². The van der Waals surface area contributed by atoms with Gasteiger partial charge in [0.25, 0.3) is 0 Å². The molecular weight excluding hydrogens is 266 g/mol. The largest absolute Gasteiger partial charge is 0.508 e. The van der Waals surface area contributed by atoms with Gasteiger partial charge in [0.05, 0.1) is 19.3 Å². The summed E-state index contributed by atoms with van der Waals surface area (Å²) in [5.41, 5.74) is 8.87. The molecular formula is C17H27NO3. The SMILES string of the molecule is CCC1(CC)c2cc(O)ccc2CC(OCCOC)C1N. The van der Waals surface area contributed by atoms with Crippen molar-refractivity contribution in [3.8, 4) is 5.75 Å². The summed E-state index contributed by atoms with van der Waals surface area (Å²) in [6.45, 7) is 5.46. The van der Waals surface area contributed by atoms with Gasteiger partial charge in [0, 0.05) is 25.0 Å². The van der Waals surface area contributed by atoms with E-state index in [-0.39, 0.29) is 17.6 Å². The Balaban J connectivity index is 2.36. The standard InChI is InChI=1S/C17H27NO3/c1-4-17(5-2)14-11-13(19)7-6-12(14)10-15(16(17)18)21-9-8-20-3/h6-7,11,15-16,19H,4-5,8-10,18H2,1-3H3. The number of methoxy groups -OCH3 is 1. The molecule has 1 aliphatic rings. The summed E-state index contributed by atoms with van der Waals surface area (Å²) in [5.74, 6) is 0.311. The number of nitrogens with two attached hydrogens (primary N) is 1. The van der Waals surface area contributed by atoms with Crippen molar-refractivity contribution in [1.82, 2.24) is 0 Å². The fourth-order valence-electron chi connectivity index (χ4n) is 3.63. The lowest BCUT2D eigenvalue weighted by molar-refractivity contribution is -0.0173. The van der Waals surface area contributed by atoms with Crippen molar-refractivity contribution in [2.24, 2.45) is 5.73 Å². The summed E-state index contributed by atoms with van der Waals surface area (Å²) < 4.78 is 11.0. The number of ether oxygens (including phenoxy) is 2. The van der Waals surface area contributed by atoms with Crippen LogP contribution in [0, 0.1) is 0 Å². The van der Waals surface area contributed by atoms with Gasteiger partial charge in [0.15, 0.2) is 0 Å². The number of aromatic hydroxyl groups is 1. The van der Waals surface area contributed by atoms with Gasteiger partial charge in [-0.3, -0.25) is 0 Å². The Morgan fingerprint density at radius 1 is 1.29 bits per heavy atom. The molecule has 2 rings (SSSR count). The molecule has 0 saturated carbocycles. The predicted molar refractivity (Wildman–Crippen MR) is 83.7 cm³/mol. The molecule has 0 fully saturated rings. The van der Waals surface area contributed by atoms with Crippen molar-refractivity contribution in [2.45, 2.75) is 50.7 Å². The third kappa shape index (κ3) is 2.93. The Hall–Kier alpha value is -1.10. The Kier molecular flexibility index (Phi) is 5.25. The summed E-state index contributed by atoms with van der Waals surface area (Å²) in [5, 5.41) is 9.85. The van der Waals surface area contributed by atoms with Crippen LogP contribution in [0.15, 0.2) is 18.2 Å². The van der Waals surface area contributed by atoms with E-state index in [0.717, 1.165) is 19.3 Å². The van der Waals surface area contributed by atoms with Crippen LogP contribution in [-0.2, 0) is 21.3 Å². The van der Waals surface area contributed by atoms with E-state index in [1.54, 1.807) is 13.2 Å². The van der Waals surface area contributed by atoms with E-state index in [4.69, 9.17) is 15.2 Å². The molecule has 0 heterocycles. The maximum absolute atomic E-state index is 9.85. The molecule has 0 aromatic heterocycles. The molecule has 0 bridgehead atoms. The zero-order valence-electron chi connectivity index (χ0n) is 13.3. The number of benzene rings is 1. The van der Waals surface area contributed by atoms with Crippen molar-refractivity contribution in [3.63, 3.8) is 0 Å². The average Bonchev–Trinajstić information content (AvgIpc) is 2.49. The van der Waals surface area contributed by atoms with Gasteiger partial charge in [-0.15, -0.1) is 0 Å². The molecule has 0 radical (unpaired) electrons. The quantitative estimate of drug-likeness (QED) is 0.790. The highest BCUT2D eigenvalue weighted by atomic mass is 16.5. The highest BCUT2D eigenvalue weighted by Crippen LogP contribution is 2.43. The van der Waals surface area contributed by atoms with Gasteiger partial charge in [-0.1, -0.05) is 19.9 Å². The second kappa shape index (κ2) is 6.77. The highest BCUT2D eigenvalue weighted by molar-refractivity contribution is 5.44. The third-order valence-corrected chi connectivity index (χ3v) is 4.97. The lowest BCUT2D eigenvalue weighted by atomic mass is 9.63. The van der Waals surface area contributed by atoms with Gasteiger partial charge in [-0.2, -0.15) is 0 Å². The molecule has 4 heteroatoms. The normalized spacial score (nSPS) is 23.8. The molecule has 1 aliphatic carbocycles. The minimum atomic E-state index is -0.135. The maximum Gasteiger partial charge on any atom is 0.115 e. The molecule has 0 spiro atoms. The van der Waals surface area contributed by atoms with Crippen molar-refractivity contribution >= 4 is 0 Å². The van der Waals surface area contributed by atoms with E-state index < -0.39 is 0 Å². The first-order valence-corrected chi connectivity index (χ1v) is 7.77. The molecule has 0 aliphatic heterocycles. The van der Waals surface area contributed by atoms with E-state index in [9.17, 15) is 5.11 Å². The van der Waals surface area contributed by atoms with Gasteiger partial charge < -0.3 is 20.3 Å². The molecule has 0 saturated heterocycles. The fraction of sp³-hybridized carbons (Fsp3) is 0.647. The monoisotopic (exact) mass is 293 g/mol. The second-order valence-electron chi connectivity index (χ2n) is 5.84. The fourth-order valence-corrected chi connectivity index (χ4v) is 3.63. The van der Waals surface area contributed by atoms with Crippen LogP contribution in [0.1, 0.15) is 37.8 Å². The molecule has 2 atom stereocenters. The van der Waals surface area contributed by atoms with Gasteiger partial charge in [0.2, 0.25) is 0 Å². The molecule has 1 aromatic carbocycles. The Bertz CT molecular complexity index is 471. The average molecular weight is 293 g/mol. The van der Waals surface area contributed by atoms with Crippen LogP contribution in [-0.4, -0.2) is 37.6 Å². The zero-order valence-corrected chi connectivity index (χ0v) is 13.3. The molecule has 1 aromatic rings. The van der Waals surface area contributed by atoms with Crippen LogP contribution < -0.4 is 5.73 Å². The van der Waals surface area contributed by atoms with E-state index in [1.807, 2.05) is 12.1 Å². The molecule has 21 heavy (non-hydrogen) atoms. The minimum absolute atomic E-state index is 0.00269. The smallest absolute Gasteiger partial charge is 0.115 e. The zero-order chi connectivity index (χ0) is 15.5. The van der Waals surface area contributed by atoms with Crippen molar-refractivity contribution in [2.75, 3.05) is 20.3 Å². The minimum Gasteiger partial charge on any atom is -0.508 e. The summed E-state index contributed by atoms with van der Waals surface area (Å²) in [7, 11) is 1.67. The molecule has 4 nitrogen and oxygen atoms in total. The summed E-state index contributed by atoms with van der Waals surface area (Å²) in [6.07, 6.45) is 2.66. The molecule has 3 N–H and O–H groups in total. The number of fused-ring (bicyclic) bond motifs is 1. The van der Waals surface area contributed by atoms with Crippen LogP contribution in [0.5, 0.6) is 5.75 Å². The topological polar surface area (TPSA) is 64.7 Å². The van der Waals surface area contributed by atoms with Crippen molar-refractivity contribution in [3.05, 3.63) is 29.3 Å². The first-order valence-electron chi connectivity index (χ1n) is 7.77. The lowest BCUT2D eigenvalue weighted by Crippen LogP contribution is -2.57. The summed E-state index contributed by atoms with van der Waals surface area (Å²) in [6, 6.07) is 5.56. The highest BCUT2D eigenvalue weighted by Gasteiger charge is 2.45. The number of rotatable bonds is 6. The van der Waals surface area contributed by atoms with E-state index in [1.165, 1.54) is 11.1 Å². The van der Waals surface area contributed by atoms with Crippen LogP contribution in [0.3, 0.4) is 0 Å². The summed E-state index contributed by atoms with van der Waals surface area (Å²) in [4.78, 5) is 0. The maximum atomic E-state index is 9.85. The van der Waals surface area contributed by atoms with Crippen molar-refractivity contribution < 1.29 is 14.6 Å². The van der Waals surface area contributed by atoms with Gasteiger partial charge in [0.1, 0.15) is 5.75 Å². The Morgan fingerprint density at radius 3 is 2.62 bits per heavy atom. The van der Waals surface area contributed by atoms with Crippen LogP contribution in [0.25, 0.3) is 0 Å². The second-order valence-corrected chi connectivity index (χ2v) is 5.84. The number of phenolic OH excluding ortho intramolecular Hbond substituents is 1. The molecule has 118 valence electrons.